The second kappa shape index (κ2) is 6.38. The number of hydrogen-bond acceptors (Lipinski definition) is 4. The molecule has 0 bridgehead atoms. The third kappa shape index (κ3) is 7.23. The van der Waals surface area contributed by atoms with E-state index in [4.69, 9.17) is 16.2 Å². The molecule has 0 saturated heterocycles. The summed E-state index contributed by atoms with van der Waals surface area (Å²) < 4.78 is 4.80. The lowest BCUT2D eigenvalue weighted by molar-refractivity contribution is -0.123. The summed E-state index contributed by atoms with van der Waals surface area (Å²) in [5.41, 5.74) is 10.1. The molecule has 0 saturated carbocycles. The van der Waals surface area contributed by atoms with Crippen molar-refractivity contribution in [3.05, 3.63) is 0 Å². The first-order chi connectivity index (χ1) is 6.04. The number of carbonyl (C=O) groups is 2. The summed E-state index contributed by atoms with van der Waals surface area (Å²) in [6.07, 6.45) is 0. The highest BCUT2D eigenvalue weighted by Crippen LogP contribution is 1.76. The van der Waals surface area contributed by atoms with Crippen LogP contribution in [0, 0.1) is 0 Å². The molecule has 0 aliphatic carbocycles. The van der Waals surface area contributed by atoms with Crippen LogP contribution in [0.3, 0.4) is 0 Å². The van der Waals surface area contributed by atoms with Gasteiger partial charge in [-0.05, 0) is 6.92 Å². The quantitative estimate of drug-likeness (QED) is 0.418. The van der Waals surface area contributed by atoms with Crippen molar-refractivity contribution in [2.24, 2.45) is 11.5 Å². The lowest BCUT2D eigenvalue weighted by atomic mass is 10.3. The van der Waals surface area contributed by atoms with Gasteiger partial charge in [-0.3, -0.25) is 9.59 Å². The third-order valence-electron chi connectivity index (χ3n) is 1.20. The summed E-state index contributed by atoms with van der Waals surface area (Å²) in [4.78, 5) is 21.1. The van der Waals surface area contributed by atoms with Gasteiger partial charge in [0.1, 0.15) is 6.61 Å². The zero-order valence-corrected chi connectivity index (χ0v) is 7.58. The van der Waals surface area contributed by atoms with Gasteiger partial charge in [0, 0.05) is 6.54 Å². The van der Waals surface area contributed by atoms with Crippen LogP contribution in [0.15, 0.2) is 0 Å². The number of ether oxygens (including phenoxy) is 1. The van der Waals surface area contributed by atoms with Crippen LogP contribution in [0.2, 0.25) is 0 Å². The van der Waals surface area contributed by atoms with Crippen molar-refractivity contribution >= 4 is 11.8 Å². The van der Waals surface area contributed by atoms with Gasteiger partial charge in [0.05, 0.1) is 12.6 Å². The summed E-state index contributed by atoms with van der Waals surface area (Å²) in [7, 11) is 0. The maximum absolute atomic E-state index is 10.9. The molecule has 6 heteroatoms. The average Bonchev–Trinajstić information content (AvgIpc) is 2.02. The van der Waals surface area contributed by atoms with E-state index in [-0.39, 0.29) is 19.1 Å². The van der Waals surface area contributed by atoms with Crippen LogP contribution in [-0.4, -0.2) is 37.6 Å². The Morgan fingerprint density at radius 1 is 1.54 bits per heavy atom. The molecule has 6 nitrogen and oxygen atoms in total. The van der Waals surface area contributed by atoms with Gasteiger partial charge < -0.3 is 21.5 Å². The van der Waals surface area contributed by atoms with Crippen molar-refractivity contribution in [1.82, 2.24) is 5.32 Å². The molecule has 13 heavy (non-hydrogen) atoms. The van der Waals surface area contributed by atoms with E-state index < -0.39 is 11.9 Å². The van der Waals surface area contributed by atoms with E-state index in [1.165, 1.54) is 0 Å². The highest BCUT2D eigenvalue weighted by molar-refractivity contribution is 5.80. The van der Waals surface area contributed by atoms with Crippen LogP contribution in [0.5, 0.6) is 0 Å². The summed E-state index contributed by atoms with van der Waals surface area (Å²) >= 11 is 0. The Morgan fingerprint density at radius 3 is 2.62 bits per heavy atom. The highest BCUT2D eigenvalue weighted by Gasteiger charge is 2.04. The Hall–Kier alpha value is -1.14. The molecule has 0 aliphatic heterocycles. The Bertz CT molecular complexity index is 182. The minimum absolute atomic E-state index is 0.131. The van der Waals surface area contributed by atoms with E-state index in [0.717, 1.165) is 0 Å². The molecule has 2 amide bonds. The largest absolute Gasteiger partial charge is 0.370 e. The fourth-order valence-electron chi connectivity index (χ4n) is 0.580. The molecule has 0 spiro atoms. The van der Waals surface area contributed by atoms with Crippen LogP contribution < -0.4 is 16.8 Å². The van der Waals surface area contributed by atoms with Crippen molar-refractivity contribution in [3.8, 4) is 0 Å². The van der Waals surface area contributed by atoms with Crippen LogP contribution >= 0.6 is 0 Å². The van der Waals surface area contributed by atoms with Crippen LogP contribution in [0.1, 0.15) is 6.92 Å². The number of amides is 2. The van der Waals surface area contributed by atoms with Crippen LogP contribution in [0.4, 0.5) is 0 Å². The number of primary amides is 1. The molecule has 0 fully saturated rings. The first kappa shape index (κ1) is 11.9. The van der Waals surface area contributed by atoms with Gasteiger partial charge in [-0.15, -0.1) is 0 Å². The smallest absolute Gasteiger partial charge is 0.243 e. The van der Waals surface area contributed by atoms with Crippen LogP contribution in [-0.2, 0) is 14.3 Å². The fraction of sp³-hybridized carbons (Fsp3) is 0.714. The molecule has 0 aliphatic rings. The van der Waals surface area contributed by atoms with E-state index in [1.54, 1.807) is 6.92 Å². The van der Waals surface area contributed by atoms with E-state index in [9.17, 15) is 9.59 Å². The Balaban J connectivity index is 3.26. The monoisotopic (exact) mass is 189 g/mol. The summed E-state index contributed by atoms with van der Waals surface area (Å²) in [5, 5.41) is 2.51. The molecular formula is C7H15N3O3. The maximum atomic E-state index is 10.9. The zero-order chi connectivity index (χ0) is 10.3. The molecular weight excluding hydrogens is 174 g/mol. The van der Waals surface area contributed by atoms with Gasteiger partial charge in [0.2, 0.25) is 11.8 Å². The Kier molecular flexibility index (Phi) is 5.82. The van der Waals surface area contributed by atoms with Crippen LogP contribution in [0.25, 0.3) is 0 Å². The first-order valence-corrected chi connectivity index (χ1v) is 3.93. The van der Waals surface area contributed by atoms with E-state index in [0.29, 0.717) is 6.54 Å². The topological polar surface area (TPSA) is 107 Å². The van der Waals surface area contributed by atoms with Gasteiger partial charge in [0.25, 0.3) is 0 Å². The lowest BCUT2D eigenvalue weighted by Gasteiger charge is -2.07. The normalized spacial score (nSPS) is 12.2. The van der Waals surface area contributed by atoms with Crippen molar-refractivity contribution in [3.63, 3.8) is 0 Å². The minimum atomic E-state index is -0.531. The van der Waals surface area contributed by atoms with E-state index in [2.05, 4.69) is 5.32 Å². The fourth-order valence-corrected chi connectivity index (χ4v) is 0.580. The Morgan fingerprint density at radius 2 is 2.15 bits per heavy atom. The van der Waals surface area contributed by atoms with E-state index >= 15 is 0 Å². The molecule has 0 rings (SSSR count). The number of nitrogens with one attached hydrogen (secondary N) is 1. The van der Waals surface area contributed by atoms with E-state index in [1.807, 2.05) is 0 Å². The Labute approximate surface area is 76.6 Å². The van der Waals surface area contributed by atoms with Gasteiger partial charge in [0.15, 0.2) is 0 Å². The molecule has 5 N–H and O–H groups in total. The molecule has 0 heterocycles. The van der Waals surface area contributed by atoms with Crippen molar-refractivity contribution in [1.29, 1.82) is 0 Å². The number of hydrogen-bond donors (Lipinski definition) is 3. The molecule has 0 aromatic heterocycles. The van der Waals surface area contributed by atoms with Crippen molar-refractivity contribution in [2.75, 3.05) is 19.8 Å². The van der Waals surface area contributed by atoms with Gasteiger partial charge in [-0.25, -0.2) is 0 Å². The van der Waals surface area contributed by atoms with Gasteiger partial charge >= 0.3 is 0 Å². The second-order valence-corrected chi connectivity index (χ2v) is 2.60. The summed E-state index contributed by atoms with van der Waals surface area (Å²) in [6.45, 7) is 2.03. The molecule has 76 valence electrons. The van der Waals surface area contributed by atoms with Crippen molar-refractivity contribution < 1.29 is 14.3 Å². The minimum Gasteiger partial charge on any atom is -0.370 e. The molecule has 1 unspecified atom stereocenters. The number of nitrogens with two attached hydrogens (primary N) is 2. The first-order valence-electron chi connectivity index (χ1n) is 3.93. The molecule has 1 atom stereocenters. The summed E-state index contributed by atoms with van der Waals surface area (Å²) in [6, 6.07) is -0.531. The predicted molar refractivity (Wildman–Crippen MR) is 46.7 cm³/mol. The summed E-state index contributed by atoms with van der Waals surface area (Å²) in [5.74, 6) is -0.777. The third-order valence-corrected chi connectivity index (χ3v) is 1.20. The number of carbonyl (C=O) groups excluding carboxylic acids is 2. The highest BCUT2D eigenvalue weighted by atomic mass is 16.5. The number of rotatable bonds is 6. The molecule has 0 radical (unpaired) electrons. The maximum Gasteiger partial charge on any atom is 0.243 e. The molecule has 0 aromatic rings. The van der Waals surface area contributed by atoms with Crippen molar-refractivity contribution in [2.45, 2.75) is 13.0 Å². The second-order valence-electron chi connectivity index (χ2n) is 2.60. The van der Waals surface area contributed by atoms with Gasteiger partial charge in [-0.2, -0.15) is 0 Å². The lowest BCUT2D eigenvalue weighted by Crippen LogP contribution is -2.39. The predicted octanol–water partition coefficient (Wildman–Crippen LogP) is -2.05. The average molecular weight is 189 g/mol. The van der Waals surface area contributed by atoms with Gasteiger partial charge in [-0.1, -0.05) is 0 Å². The SMILES string of the molecule is CC(N)C(=O)NCCOCC(N)=O. The zero-order valence-electron chi connectivity index (χ0n) is 7.58. The standard InChI is InChI=1S/C7H15N3O3/c1-5(8)7(12)10-2-3-13-4-6(9)11/h5H,2-4,8H2,1H3,(H2,9,11)(H,10,12). The molecule has 0 aromatic carbocycles.